The maximum atomic E-state index is 13.5. The molecule has 1 aliphatic carbocycles. The van der Waals surface area contributed by atoms with Crippen LogP contribution in [0.4, 0.5) is 5.69 Å². The number of anilines is 1. The SMILES string of the molecule is CC(C)C(NC(=O)C(CCCCNC(=O)COC1CCCCC/C(N(N)[C@@H]2CC(O)[C@H](O[C@@H]3CC(O)[C@H](O)C(CO)O3)C(CO)O2)=C\1N)NC(=O)CCOCCOCCOCCOCCNC(=O)CCC(=O)N1Cc2ccccc2C#Cc2ccccc21)C(N)=O. The quantitative estimate of drug-likeness (QED) is 0.0168. The lowest BCUT2D eigenvalue weighted by atomic mass is 9.97. The van der Waals surface area contributed by atoms with Crippen molar-refractivity contribution in [1.82, 2.24) is 26.3 Å². The molecule has 2 saturated heterocycles. The van der Waals surface area contributed by atoms with Gasteiger partial charge in [-0.15, -0.1) is 0 Å². The summed E-state index contributed by atoms with van der Waals surface area (Å²) in [6.45, 7) is 4.74. The van der Waals surface area contributed by atoms with Gasteiger partial charge in [0.1, 0.15) is 49.3 Å². The molecule has 91 heavy (non-hydrogen) atoms. The highest BCUT2D eigenvalue weighted by atomic mass is 16.7. The van der Waals surface area contributed by atoms with Crippen LogP contribution >= 0.6 is 0 Å². The van der Waals surface area contributed by atoms with Gasteiger partial charge in [0.25, 0.3) is 0 Å². The van der Waals surface area contributed by atoms with Crippen LogP contribution in [0.15, 0.2) is 59.9 Å². The van der Waals surface area contributed by atoms with Gasteiger partial charge in [-0.25, -0.2) is 5.84 Å². The van der Waals surface area contributed by atoms with Gasteiger partial charge in [0, 0.05) is 56.3 Å². The van der Waals surface area contributed by atoms with Crippen molar-refractivity contribution in [2.45, 2.75) is 171 Å². The number of nitrogens with one attached hydrogen (secondary N) is 4. The largest absolute Gasteiger partial charge is 0.398 e. The van der Waals surface area contributed by atoms with Crippen molar-refractivity contribution in [2.75, 3.05) is 90.7 Å². The number of ether oxygens (including phenoxy) is 8. The number of rotatable bonds is 37. The Bertz CT molecular complexity index is 2730. The lowest BCUT2D eigenvalue weighted by Crippen LogP contribution is -2.59. The highest BCUT2D eigenvalue weighted by molar-refractivity contribution is 5.97. The summed E-state index contributed by atoms with van der Waals surface area (Å²) >= 11 is 0. The number of amides is 6. The first-order chi connectivity index (χ1) is 43.9. The zero-order valence-corrected chi connectivity index (χ0v) is 52.2. The Morgan fingerprint density at radius 1 is 0.725 bits per heavy atom. The van der Waals surface area contributed by atoms with E-state index in [0.717, 1.165) is 36.0 Å². The Labute approximate surface area is 531 Å². The van der Waals surface area contributed by atoms with Crippen LogP contribution in [0.25, 0.3) is 0 Å². The molecule has 0 aromatic heterocycles. The predicted molar refractivity (Wildman–Crippen MR) is 329 cm³/mol. The summed E-state index contributed by atoms with van der Waals surface area (Å²) in [6.07, 6.45) is -5.93. The van der Waals surface area contributed by atoms with Crippen molar-refractivity contribution < 1.29 is 92.2 Å². The number of benzene rings is 2. The summed E-state index contributed by atoms with van der Waals surface area (Å²) in [7, 11) is 0. The van der Waals surface area contributed by atoms with E-state index in [1.165, 1.54) is 5.01 Å². The molecule has 506 valence electrons. The fourth-order valence-electron chi connectivity index (χ4n) is 10.8. The van der Waals surface area contributed by atoms with Gasteiger partial charge in [-0.05, 0) is 68.2 Å². The molecule has 11 atom stereocenters. The van der Waals surface area contributed by atoms with Crippen molar-refractivity contribution in [2.24, 2.45) is 23.2 Å². The Balaban J connectivity index is 0.818. The fraction of sp³-hybridized carbons (Fsp3) is 0.651. The molecule has 6 rings (SSSR count). The van der Waals surface area contributed by atoms with E-state index in [9.17, 15) is 54.3 Å². The number of hydrogen-bond acceptors (Lipinski definition) is 22. The zero-order chi connectivity index (χ0) is 65.7. The monoisotopic (exact) mass is 1280 g/mol. The van der Waals surface area contributed by atoms with Gasteiger partial charge < -0.3 is 101 Å². The van der Waals surface area contributed by atoms with Gasteiger partial charge >= 0.3 is 0 Å². The van der Waals surface area contributed by atoms with Crippen LogP contribution in [0.1, 0.15) is 114 Å². The van der Waals surface area contributed by atoms with Gasteiger partial charge in [0.15, 0.2) is 6.29 Å². The first kappa shape index (κ1) is 73.6. The van der Waals surface area contributed by atoms with Crippen molar-refractivity contribution in [3.8, 4) is 11.8 Å². The second-order valence-electron chi connectivity index (χ2n) is 23.1. The highest BCUT2D eigenvalue weighted by Crippen LogP contribution is 2.33. The van der Waals surface area contributed by atoms with E-state index in [1.54, 1.807) is 18.7 Å². The standard InChI is InChI=1S/C63H95N9O19/c1-40(2)59(62(65)82)70-63(83)44(15-10-11-24-67-54(79)39-88-49-18-5-3-4-17-46(58(49)64)72(66)56-34-48(76)61(51(38-74)89-56)91-57-35-47(75)60(81)50(37-73)90-57)69-53(78)23-26-84-28-30-86-32-33-87-31-29-85-27-25-68-52(77)21-22-55(80)71-36-43-14-7-6-12-41(43)19-20-42-13-8-9-16-45(42)71/h6-9,12-14,16,40,44,47-51,56-57,59-61,73-76,81H,3-5,10-11,15,17-18,21-39,64,66H2,1-2H3,(H2,65,82)(H,67,79)(H,68,77)(H,69,78)(H,70,83)/b58-46-/t44?,47?,48?,49?,50?,51?,56-,57+,59?,60-,61-/m0/s1. The number of primary amides is 1. The highest BCUT2D eigenvalue weighted by Gasteiger charge is 2.45. The van der Waals surface area contributed by atoms with Crippen LogP contribution in [-0.2, 0) is 73.2 Å². The first-order valence-electron chi connectivity index (χ1n) is 31.5. The average Bonchev–Trinajstić information content (AvgIpc) is 1.16. The lowest BCUT2D eigenvalue weighted by molar-refractivity contribution is -0.309. The topological polar surface area (TPSA) is 410 Å². The van der Waals surface area contributed by atoms with Crippen LogP contribution in [0, 0.1) is 17.8 Å². The molecule has 0 spiro atoms. The van der Waals surface area contributed by atoms with Crippen LogP contribution in [0.3, 0.4) is 0 Å². The predicted octanol–water partition coefficient (Wildman–Crippen LogP) is -0.939. The molecule has 2 fully saturated rings. The summed E-state index contributed by atoms with van der Waals surface area (Å²) in [4.78, 5) is 79.5. The zero-order valence-electron chi connectivity index (χ0n) is 52.2. The van der Waals surface area contributed by atoms with Crippen molar-refractivity contribution in [3.63, 3.8) is 0 Å². The number of nitrogens with zero attached hydrogens (tertiary/aromatic N) is 2. The molecule has 28 nitrogen and oxygen atoms in total. The number of carbonyl (C=O) groups is 6. The van der Waals surface area contributed by atoms with E-state index in [2.05, 4.69) is 33.1 Å². The summed E-state index contributed by atoms with van der Waals surface area (Å²) < 4.78 is 45.9. The molecular formula is C63H95N9O19. The number of hydrazine groups is 1. The number of para-hydroxylation sites is 1. The fourth-order valence-corrected chi connectivity index (χ4v) is 10.8. The summed E-state index contributed by atoms with van der Waals surface area (Å²) in [5, 5.41) is 63.7. The molecule has 2 aromatic rings. The molecule has 7 unspecified atom stereocenters. The minimum absolute atomic E-state index is 0.0285. The third kappa shape index (κ3) is 23.9. The van der Waals surface area contributed by atoms with Crippen LogP contribution in [0.5, 0.6) is 0 Å². The molecule has 4 aliphatic rings. The molecule has 6 amide bonds. The number of nitrogens with two attached hydrogens (primary N) is 3. The average molecular weight is 1280 g/mol. The van der Waals surface area contributed by atoms with Crippen LogP contribution in [0.2, 0.25) is 0 Å². The number of allylic oxidation sites excluding steroid dienone is 1. The smallest absolute Gasteiger partial charge is 0.246 e. The van der Waals surface area contributed by atoms with Gasteiger partial charge in [-0.1, -0.05) is 68.9 Å². The Hall–Kier alpha value is -6.40. The van der Waals surface area contributed by atoms with Gasteiger partial charge in [0.05, 0.1) is 108 Å². The molecular weight excluding hydrogens is 1190 g/mol. The molecule has 28 heteroatoms. The molecule has 3 heterocycles. The number of unbranched alkanes of at least 4 members (excludes halogenated alkanes) is 1. The third-order valence-corrected chi connectivity index (χ3v) is 15.9. The minimum Gasteiger partial charge on any atom is -0.398 e. The third-order valence-electron chi connectivity index (χ3n) is 15.9. The molecule has 0 saturated carbocycles. The lowest BCUT2D eigenvalue weighted by Gasteiger charge is -2.45. The van der Waals surface area contributed by atoms with Gasteiger partial charge in [-0.3, -0.25) is 33.8 Å². The molecule has 3 aliphatic heterocycles. The van der Waals surface area contributed by atoms with Gasteiger partial charge in [-0.2, -0.15) is 0 Å². The van der Waals surface area contributed by atoms with E-state index in [1.807, 2.05) is 48.5 Å². The molecule has 0 radical (unpaired) electrons. The van der Waals surface area contributed by atoms with E-state index in [4.69, 9.17) is 55.2 Å². The maximum Gasteiger partial charge on any atom is 0.246 e. The second kappa shape index (κ2) is 39.2. The Morgan fingerprint density at radius 3 is 2.09 bits per heavy atom. The van der Waals surface area contributed by atoms with Gasteiger partial charge in [0.2, 0.25) is 35.4 Å². The summed E-state index contributed by atoms with van der Waals surface area (Å²) in [5.41, 5.74) is 16.3. The molecule has 0 bridgehead atoms. The maximum absolute atomic E-state index is 13.5. The number of aliphatic hydroxyl groups excluding tert-OH is 5. The van der Waals surface area contributed by atoms with Crippen LogP contribution < -0.4 is 43.5 Å². The Kier molecular flexibility index (Phi) is 31.7. The summed E-state index contributed by atoms with van der Waals surface area (Å²) in [5.74, 6) is 10.1. The Morgan fingerprint density at radius 2 is 1.38 bits per heavy atom. The van der Waals surface area contributed by atoms with E-state index in [0.29, 0.717) is 63.4 Å². The van der Waals surface area contributed by atoms with Crippen molar-refractivity contribution in [1.29, 1.82) is 0 Å². The van der Waals surface area contributed by atoms with E-state index >= 15 is 0 Å². The van der Waals surface area contributed by atoms with E-state index < -0.39 is 104 Å². The van der Waals surface area contributed by atoms with Crippen molar-refractivity contribution in [3.05, 3.63) is 76.6 Å². The first-order valence-corrected chi connectivity index (χ1v) is 31.5. The molecule has 15 N–H and O–H groups in total. The van der Waals surface area contributed by atoms with Crippen LogP contribution in [-0.4, -0.2) is 219 Å². The normalized spacial score (nSPS) is 23.9. The summed E-state index contributed by atoms with van der Waals surface area (Å²) in [6, 6.07) is 13.2. The second-order valence-corrected chi connectivity index (χ2v) is 23.1. The number of fused-ring (bicyclic) bond motifs is 2. The molecule has 2 aromatic carbocycles. The van der Waals surface area contributed by atoms with Crippen molar-refractivity contribution >= 4 is 41.1 Å². The van der Waals surface area contributed by atoms with E-state index in [-0.39, 0.29) is 115 Å². The number of carbonyl (C=O) groups excluding carboxylic acids is 6. The number of aliphatic hydroxyl groups is 5. The number of hydrogen-bond donors (Lipinski definition) is 12. The minimum atomic E-state index is -1.33.